The highest BCUT2D eigenvalue weighted by Gasteiger charge is 2.11. The van der Waals surface area contributed by atoms with E-state index in [-0.39, 0.29) is 5.91 Å². The molecule has 3 aromatic heterocycles. The lowest BCUT2D eigenvalue weighted by Crippen LogP contribution is -2.12. The summed E-state index contributed by atoms with van der Waals surface area (Å²) in [4.78, 5) is 21.6. The number of rotatable bonds is 4. The molecule has 0 aliphatic heterocycles. The molecule has 1 N–H and O–H groups in total. The van der Waals surface area contributed by atoms with Crippen LogP contribution in [0.3, 0.4) is 0 Å². The van der Waals surface area contributed by atoms with E-state index in [1.807, 2.05) is 22.9 Å². The molecule has 5 nitrogen and oxygen atoms in total. The minimum absolute atomic E-state index is 0.239. The smallest absolute Gasteiger partial charge is 0.259 e. The van der Waals surface area contributed by atoms with Gasteiger partial charge in [-0.15, -0.1) is 22.7 Å². The predicted octanol–water partition coefficient (Wildman–Crippen LogP) is 3.53. The molecule has 0 saturated heterocycles. The first-order chi connectivity index (χ1) is 10.3. The molecule has 0 aliphatic rings. The Balaban J connectivity index is 1.72. The van der Waals surface area contributed by atoms with Gasteiger partial charge in [0.15, 0.2) is 5.13 Å². The van der Waals surface area contributed by atoms with Crippen LogP contribution >= 0.6 is 22.7 Å². The van der Waals surface area contributed by atoms with Crippen molar-refractivity contribution in [3.63, 3.8) is 0 Å². The second-order valence-electron chi connectivity index (χ2n) is 4.06. The lowest BCUT2D eigenvalue weighted by Gasteiger charge is -2.02. The minimum Gasteiger partial charge on any atom is -0.481 e. The molecule has 3 heterocycles. The molecule has 0 saturated carbocycles. The monoisotopic (exact) mass is 317 g/mol. The normalized spacial score (nSPS) is 10.3. The summed E-state index contributed by atoms with van der Waals surface area (Å²) < 4.78 is 4.96. The van der Waals surface area contributed by atoms with Crippen LogP contribution in [0.1, 0.15) is 10.4 Å². The van der Waals surface area contributed by atoms with Gasteiger partial charge in [0.2, 0.25) is 5.88 Å². The van der Waals surface area contributed by atoms with Crippen LogP contribution in [0.4, 0.5) is 5.13 Å². The van der Waals surface area contributed by atoms with Crippen LogP contribution in [0.2, 0.25) is 0 Å². The van der Waals surface area contributed by atoms with Gasteiger partial charge in [0.1, 0.15) is 0 Å². The first-order valence-electron chi connectivity index (χ1n) is 6.07. The third-order valence-corrected chi connectivity index (χ3v) is 4.36. The molecule has 0 aromatic carbocycles. The maximum atomic E-state index is 12.1. The van der Waals surface area contributed by atoms with Crippen molar-refractivity contribution in [2.45, 2.75) is 0 Å². The van der Waals surface area contributed by atoms with Crippen molar-refractivity contribution in [3.8, 4) is 16.5 Å². The summed E-state index contributed by atoms with van der Waals surface area (Å²) in [6, 6.07) is 7.28. The first-order valence-corrected chi connectivity index (χ1v) is 7.83. The number of thiazole rings is 1. The number of ether oxygens (including phenoxy) is 1. The van der Waals surface area contributed by atoms with Gasteiger partial charge in [-0.3, -0.25) is 10.1 Å². The summed E-state index contributed by atoms with van der Waals surface area (Å²) in [7, 11) is 1.53. The molecule has 0 fully saturated rings. The lowest BCUT2D eigenvalue weighted by molar-refractivity contribution is 0.102. The Bertz CT molecular complexity index is 736. The number of carbonyl (C=O) groups is 1. The van der Waals surface area contributed by atoms with Gasteiger partial charge in [-0.2, -0.15) is 0 Å². The Morgan fingerprint density at radius 1 is 1.29 bits per heavy atom. The summed E-state index contributed by atoms with van der Waals surface area (Å²) in [6.45, 7) is 0. The van der Waals surface area contributed by atoms with Gasteiger partial charge in [0.25, 0.3) is 5.91 Å². The number of amides is 1. The highest BCUT2D eigenvalue weighted by Crippen LogP contribution is 2.28. The molecule has 0 atom stereocenters. The average Bonchev–Trinajstić information content (AvgIpc) is 3.18. The number of nitrogens with zero attached hydrogens (tertiary/aromatic N) is 2. The molecule has 106 valence electrons. The highest BCUT2D eigenvalue weighted by atomic mass is 32.1. The quantitative estimate of drug-likeness (QED) is 0.799. The van der Waals surface area contributed by atoms with Crippen molar-refractivity contribution in [2.75, 3.05) is 12.4 Å². The summed E-state index contributed by atoms with van der Waals surface area (Å²) >= 11 is 3.01. The minimum atomic E-state index is -0.239. The largest absolute Gasteiger partial charge is 0.481 e. The van der Waals surface area contributed by atoms with Crippen molar-refractivity contribution in [1.82, 2.24) is 9.97 Å². The Kier molecular flexibility index (Phi) is 3.94. The van der Waals surface area contributed by atoms with Crippen LogP contribution in [-0.2, 0) is 0 Å². The van der Waals surface area contributed by atoms with Crippen molar-refractivity contribution in [1.29, 1.82) is 0 Å². The number of carbonyl (C=O) groups excluding carboxylic acids is 1. The number of anilines is 1. The van der Waals surface area contributed by atoms with E-state index in [1.54, 1.807) is 23.5 Å². The number of aromatic nitrogens is 2. The summed E-state index contributed by atoms with van der Waals surface area (Å²) in [5.74, 6) is 0.234. The molecular formula is C14H11N3O2S2. The van der Waals surface area contributed by atoms with Crippen LogP contribution in [-0.4, -0.2) is 23.0 Å². The third-order valence-electron chi connectivity index (χ3n) is 2.71. The van der Waals surface area contributed by atoms with Gasteiger partial charge in [-0.1, -0.05) is 6.07 Å². The SMILES string of the molecule is COc1ccc(C(=O)Nc2nc(-c3cccs3)cs2)cn1. The fourth-order valence-electron chi connectivity index (χ4n) is 1.67. The fraction of sp³-hybridized carbons (Fsp3) is 0.0714. The number of hydrogen-bond acceptors (Lipinski definition) is 6. The Hall–Kier alpha value is -2.25. The number of thiophene rings is 1. The van der Waals surface area contributed by atoms with Crippen LogP contribution in [0.5, 0.6) is 5.88 Å². The molecule has 21 heavy (non-hydrogen) atoms. The van der Waals surface area contributed by atoms with E-state index < -0.39 is 0 Å². The molecule has 0 radical (unpaired) electrons. The summed E-state index contributed by atoms with van der Waals surface area (Å²) in [5.41, 5.74) is 1.34. The second kappa shape index (κ2) is 6.02. The molecule has 1 amide bonds. The van der Waals surface area contributed by atoms with Crippen molar-refractivity contribution < 1.29 is 9.53 Å². The van der Waals surface area contributed by atoms with Gasteiger partial charge in [-0.25, -0.2) is 9.97 Å². The van der Waals surface area contributed by atoms with E-state index in [2.05, 4.69) is 15.3 Å². The molecule has 3 aromatic rings. The maximum absolute atomic E-state index is 12.1. The standard InChI is InChI=1S/C14H11N3O2S2/c1-19-12-5-4-9(7-15-12)13(18)17-14-16-10(8-21-14)11-3-2-6-20-11/h2-8H,1H3,(H,16,17,18). The summed E-state index contributed by atoms with van der Waals surface area (Å²) in [5, 5.41) is 7.26. The van der Waals surface area contributed by atoms with Crippen molar-refractivity contribution in [2.24, 2.45) is 0 Å². The van der Waals surface area contributed by atoms with Crippen molar-refractivity contribution >= 4 is 33.7 Å². The highest BCUT2D eigenvalue weighted by molar-refractivity contribution is 7.16. The zero-order valence-corrected chi connectivity index (χ0v) is 12.7. The van der Waals surface area contributed by atoms with Crippen molar-refractivity contribution in [3.05, 3.63) is 46.8 Å². The molecule has 3 rings (SSSR count). The van der Waals surface area contributed by atoms with E-state index in [1.165, 1.54) is 24.6 Å². The molecule has 0 aliphatic carbocycles. The predicted molar refractivity (Wildman–Crippen MR) is 84.2 cm³/mol. The average molecular weight is 317 g/mol. The first kappa shape index (κ1) is 13.7. The van der Waals surface area contributed by atoms with Crippen LogP contribution in [0, 0.1) is 0 Å². The number of pyridine rings is 1. The molecule has 7 heteroatoms. The van der Waals surface area contributed by atoms with Gasteiger partial charge in [0.05, 0.1) is 23.2 Å². The van der Waals surface area contributed by atoms with Gasteiger partial charge in [0, 0.05) is 17.6 Å². The van der Waals surface area contributed by atoms with Crippen LogP contribution in [0.25, 0.3) is 10.6 Å². The van der Waals surface area contributed by atoms with E-state index in [0.717, 1.165) is 10.6 Å². The maximum Gasteiger partial charge on any atom is 0.259 e. The van der Waals surface area contributed by atoms with Crippen LogP contribution < -0.4 is 10.1 Å². The van der Waals surface area contributed by atoms with E-state index >= 15 is 0 Å². The van der Waals surface area contributed by atoms with Gasteiger partial charge in [-0.05, 0) is 17.5 Å². The third kappa shape index (κ3) is 3.09. The Labute approximate surface area is 129 Å². The van der Waals surface area contributed by atoms with Gasteiger partial charge >= 0.3 is 0 Å². The van der Waals surface area contributed by atoms with Crippen LogP contribution in [0.15, 0.2) is 41.2 Å². The Morgan fingerprint density at radius 3 is 2.86 bits per heavy atom. The van der Waals surface area contributed by atoms with E-state index in [0.29, 0.717) is 16.6 Å². The number of hydrogen-bond donors (Lipinski definition) is 1. The lowest BCUT2D eigenvalue weighted by atomic mass is 10.3. The van der Waals surface area contributed by atoms with E-state index in [9.17, 15) is 4.79 Å². The summed E-state index contributed by atoms with van der Waals surface area (Å²) in [6.07, 6.45) is 1.47. The zero-order chi connectivity index (χ0) is 14.7. The topological polar surface area (TPSA) is 64.1 Å². The Morgan fingerprint density at radius 2 is 2.19 bits per heavy atom. The second-order valence-corrected chi connectivity index (χ2v) is 5.86. The zero-order valence-electron chi connectivity index (χ0n) is 11.1. The number of methoxy groups -OCH3 is 1. The fourth-order valence-corrected chi connectivity index (χ4v) is 3.14. The molecule has 0 spiro atoms. The van der Waals surface area contributed by atoms with Gasteiger partial charge < -0.3 is 4.74 Å². The molecular weight excluding hydrogens is 306 g/mol. The molecule has 0 unspecified atom stereocenters. The van der Waals surface area contributed by atoms with E-state index in [4.69, 9.17) is 4.74 Å². The number of nitrogens with one attached hydrogen (secondary N) is 1. The molecule has 0 bridgehead atoms.